The molecule has 6 heteroatoms. The summed E-state index contributed by atoms with van der Waals surface area (Å²) in [5.74, 6) is -0.410. The fourth-order valence-electron chi connectivity index (χ4n) is 2.26. The van der Waals surface area contributed by atoms with E-state index >= 15 is 0 Å². The second-order valence-electron chi connectivity index (χ2n) is 4.49. The Labute approximate surface area is 103 Å². The van der Waals surface area contributed by atoms with Crippen LogP contribution in [0.5, 0.6) is 0 Å². The molecule has 1 aliphatic heterocycles. The minimum atomic E-state index is -0.442. The number of aryl methyl sites for hydroxylation is 1. The van der Waals surface area contributed by atoms with Gasteiger partial charge in [0.2, 0.25) is 5.71 Å². The van der Waals surface area contributed by atoms with Crippen LogP contribution in [-0.4, -0.2) is 28.4 Å². The fourth-order valence-corrected chi connectivity index (χ4v) is 2.26. The van der Waals surface area contributed by atoms with E-state index < -0.39 is 5.76 Å². The number of Topliss-reactive ketones (excluding diaryl/α,β-unsaturated/α-hetero) is 1. The summed E-state index contributed by atoms with van der Waals surface area (Å²) in [5, 5.41) is 3.19. The Hall–Kier alpha value is -1.95. The monoisotopic (exact) mass is 247 g/mol. The van der Waals surface area contributed by atoms with Crippen molar-refractivity contribution < 1.29 is 9.21 Å². The summed E-state index contributed by atoms with van der Waals surface area (Å²) in [4.78, 5) is 27.3. The molecule has 1 unspecified atom stereocenters. The Morgan fingerprint density at radius 3 is 3.11 bits per heavy atom. The highest BCUT2D eigenvalue weighted by Crippen LogP contribution is 2.22. The van der Waals surface area contributed by atoms with Gasteiger partial charge in [-0.15, -0.1) is 0 Å². The van der Waals surface area contributed by atoms with Crippen molar-refractivity contribution >= 4 is 17.0 Å². The van der Waals surface area contributed by atoms with Crippen molar-refractivity contribution in [3.05, 3.63) is 28.4 Å². The molecule has 1 N–H and O–H groups in total. The number of ketones is 1. The molecule has 0 saturated carbocycles. The number of fused-ring (bicyclic) bond motifs is 1. The van der Waals surface area contributed by atoms with Gasteiger partial charge in [0.05, 0.1) is 5.92 Å². The van der Waals surface area contributed by atoms with Crippen molar-refractivity contribution in [2.24, 2.45) is 7.05 Å². The molecule has 0 amide bonds. The molecule has 3 heterocycles. The van der Waals surface area contributed by atoms with Gasteiger partial charge in [-0.25, -0.2) is 9.78 Å². The molecule has 0 spiro atoms. The van der Waals surface area contributed by atoms with Gasteiger partial charge in [0.1, 0.15) is 11.3 Å². The summed E-state index contributed by atoms with van der Waals surface area (Å²) in [6, 6.07) is 1.81. The lowest BCUT2D eigenvalue weighted by Crippen LogP contribution is -2.35. The zero-order valence-electron chi connectivity index (χ0n) is 9.97. The van der Waals surface area contributed by atoms with Crippen LogP contribution < -0.4 is 11.1 Å². The van der Waals surface area contributed by atoms with Crippen LogP contribution in [0.4, 0.5) is 0 Å². The van der Waals surface area contributed by atoms with Gasteiger partial charge in [0.15, 0.2) is 0 Å². The van der Waals surface area contributed by atoms with E-state index in [1.807, 2.05) is 6.07 Å². The third-order valence-electron chi connectivity index (χ3n) is 3.36. The number of hydrogen-bond acceptors (Lipinski definition) is 5. The van der Waals surface area contributed by atoms with Gasteiger partial charge in [0.25, 0.3) is 0 Å². The van der Waals surface area contributed by atoms with E-state index in [0.29, 0.717) is 24.2 Å². The number of carbonyl (C=O) groups is 1. The molecule has 6 nitrogen and oxygen atoms in total. The summed E-state index contributed by atoms with van der Waals surface area (Å²) in [6.45, 7) is 1.35. The molecule has 94 valence electrons. The zero-order valence-corrected chi connectivity index (χ0v) is 9.97. The SMILES string of the molecule is Cn1c(=O)oc2ncc(C3CNCCC3=O)cc21. The average Bonchev–Trinajstić information content (AvgIpc) is 2.66. The van der Waals surface area contributed by atoms with Crippen LogP contribution in [0, 0.1) is 0 Å². The molecule has 1 saturated heterocycles. The first kappa shape index (κ1) is 11.2. The summed E-state index contributed by atoms with van der Waals surface area (Å²) in [5.41, 5.74) is 1.76. The van der Waals surface area contributed by atoms with Crippen LogP contribution in [-0.2, 0) is 11.8 Å². The summed E-state index contributed by atoms with van der Waals surface area (Å²) in [7, 11) is 1.63. The zero-order chi connectivity index (χ0) is 12.7. The highest BCUT2D eigenvalue weighted by atomic mass is 16.4. The Bertz CT molecular complexity index is 671. The normalized spacial score (nSPS) is 20.5. The van der Waals surface area contributed by atoms with E-state index in [0.717, 1.165) is 12.1 Å². The van der Waals surface area contributed by atoms with Crippen molar-refractivity contribution in [1.29, 1.82) is 0 Å². The first-order valence-corrected chi connectivity index (χ1v) is 5.86. The Morgan fingerprint density at radius 2 is 2.33 bits per heavy atom. The summed E-state index contributed by atoms with van der Waals surface area (Å²) in [6.07, 6.45) is 2.15. The number of pyridine rings is 1. The fraction of sp³-hybridized carbons (Fsp3) is 0.417. The van der Waals surface area contributed by atoms with Crippen molar-refractivity contribution in [2.75, 3.05) is 13.1 Å². The number of carbonyl (C=O) groups excluding carboxylic acids is 1. The lowest BCUT2D eigenvalue weighted by molar-refractivity contribution is -0.121. The molecule has 0 radical (unpaired) electrons. The summed E-state index contributed by atoms with van der Waals surface area (Å²) < 4.78 is 6.36. The molecule has 1 atom stereocenters. The van der Waals surface area contributed by atoms with Crippen LogP contribution in [0.2, 0.25) is 0 Å². The van der Waals surface area contributed by atoms with Crippen molar-refractivity contribution in [1.82, 2.24) is 14.9 Å². The Morgan fingerprint density at radius 1 is 1.50 bits per heavy atom. The van der Waals surface area contributed by atoms with E-state index in [4.69, 9.17) is 4.42 Å². The molecular weight excluding hydrogens is 234 g/mol. The van der Waals surface area contributed by atoms with Gasteiger partial charge in [-0.1, -0.05) is 0 Å². The maximum Gasteiger partial charge on any atom is 0.421 e. The minimum absolute atomic E-state index is 0.180. The van der Waals surface area contributed by atoms with E-state index in [-0.39, 0.29) is 11.7 Å². The predicted octanol–water partition coefficient (Wildman–Crippen LogP) is 0.172. The van der Waals surface area contributed by atoms with E-state index in [2.05, 4.69) is 10.3 Å². The van der Waals surface area contributed by atoms with Gasteiger partial charge in [-0.3, -0.25) is 9.36 Å². The maximum atomic E-state index is 11.9. The number of hydrogen-bond donors (Lipinski definition) is 1. The van der Waals surface area contributed by atoms with Crippen molar-refractivity contribution in [3.8, 4) is 0 Å². The van der Waals surface area contributed by atoms with Gasteiger partial charge in [0, 0.05) is 32.8 Å². The van der Waals surface area contributed by atoms with E-state index in [1.54, 1.807) is 13.2 Å². The van der Waals surface area contributed by atoms with E-state index in [9.17, 15) is 9.59 Å². The van der Waals surface area contributed by atoms with Gasteiger partial charge in [-0.2, -0.15) is 0 Å². The Balaban J connectivity index is 2.09. The lowest BCUT2D eigenvalue weighted by atomic mass is 9.91. The highest BCUT2D eigenvalue weighted by Gasteiger charge is 2.24. The van der Waals surface area contributed by atoms with Crippen molar-refractivity contribution in [2.45, 2.75) is 12.3 Å². The number of nitrogens with zero attached hydrogens (tertiary/aromatic N) is 2. The van der Waals surface area contributed by atoms with Crippen LogP contribution in [0.1, 0.15) is 17.9 Å². The first-order valence-electron chi connectivity index (χ1n) is 5.86. The van der Waals surface area contributed by atoms with Crippen LogP contribution in [0.15, 0.2) is 21.5 Å². The van der Waals surface area contributed by atoms with Crippen LogP contribution in [0.25, 0.3) is 11.2 Å². The molecule has 0 aliphatic carbocycles. The minimum Gasteiger partial charge on any atom is -0.389 e. The number of nitrogens with one attached hydrogen (secondary N) is 1. The number of aromatic nitrogens is 2. The maximum absolute atomic E-state index is 11.9. The molecule has 2 aromatic rings. The molecule has 0 aromatic carbocycles. The van der Waals surface area contributed by atoms with Crippen LogP contribution >= 0.6 is 0 Å². The lowest BCUT2D eigenvalue weighted by Gasteiger charge is -2.21. The largest absolute Gasteiger partial charge is 0.421 e. The highest BCUT2D eigenvalue weighted by molar-refractivity contribution is 5.87. The van der Waals surface area contributed by atoms with Gasteiger partial charge < -0.3 is 9.73 Å². The number of piperidine rings is 1. The quantitative estimate of drug-likeness (QED) is 0.777. The molecule has 0 bridgehead atoms. The second-order valence-corrected chi connectivity index (χ2v) is 4.49. The smallest absolute Gasteiger partial charge is 0.389 e. The second kappa shape index (κ2) is 4.06. The van der Waals surface area contributed by atoms with E-state index in [1.165, 1.54) is 4.57 Å². The topological polar surface area (TPSA) is 77.1 Å². The summed E-state index contributed by atoms with van der Waals surface area (Å²) >= 11 is 0. The molecule has 3 rings (SSSR count). The molecule has 1 aliphatic rings. The third-order valence-corrected chi connectivity index (χ3v) is 3.36. The predicted molar refractivity (Wildman–Crippen MR) is 64.5 cm³/mol. The molecule has 1 fully saturated rings. The number of rotatable bonds is 1. The molecule has 18 heavy (non-hydrogen) atoms. The van der Waals surface area contributed by atoms with Gasteiger partial charge >= 0.3 is 5.76 Å². The average molecular weight is 247 g/mol. The first-order chi connectivity index (χ1) is 8.66. The molecule has 2 aromatic heterocycles. The number of oxazole rings is 1. The Kier molecular flexibility index (Phi) is 2.52. The van der Waals surface area contributed by atoms with Gasteiger partial charge in [-0.05, 0) is 11.6 Å². The van der Waals surface area contributed by atoms with Crippen LogP contribution in [0.3, 0.4) is 0 Å². The standard InChI is InChI=1S/C12H13N3O3/c1-15-9-4-7(5-14-11(9)18-12(15)17)8-6-13-3-2-10(8)16/h4-5,8,13H,2-3,6H2,1H3. The van der Waals surface area contributed by atoms with Crippen molar-refractivity contribution in [3.63, 3.8) is 0 Å². The molecular formula is C12H13N3O3. The third kappa shape index (κ3) is 1.65.